The van der Waals surface area contributed by atoms with E-state index in [2.05, 4.69) is 27.9 Å². The summed E-state index contributed by atoms with van der Waals surface area (Å²) in [7, 11) is 1.72. The Morgan fingerprint density at radius 2 is 2.44 bits per heavy atom. The second kappa shape index (κ2) is 2.30. The van der Waals surface area contributed by atoms with E-state index in [9.17, 15) is 4.79 Å². The molecule has 0 aromatic rings. The van der Waals surface area contributed by atoms with Crippen LogP contribution in [-0.4, -0.2) is 28.2 Å². The van der Waals surface area contributed by atoms with Crippen molar-refractivity contribution < 1.29 is 4.79 Å². The van der Waals surface area contributed by atoms with Crippen molar-refractivity contribution >= 4 is 28.6 Å². The third-order valence-electron chi connectivity index (χ3n) is 1.28. The van der Waals surface area contributed by atoms with E-state index in [4.69, 9.17) is 5.73 Å². The number of alkyl halides is 1. The molecule has 1 heterocycles. The highest BCUT2D eigenvalue weighted by Gasteiger charge is 2.31. The van der Waals surface area contributed by atoms with Crippen LogP contribution in [0.2, 0.25) is 0 Å². The van der Waals surface area contributed by atoms with Gasteiger partial charge in [0.15, 0.2) is 0 Å². The first-order valence-electron chi connectivity index (χ1n) is 2.56. The van der Waals surface area contributed by atoms with Crippen LogP contribution in [-0.2, 0) is 0 Å². The van der Waals surface area contributed by atoms with Gasteiger partial charge >= 0.3 is 6.03 Å². The molecule has 1 aliphatic heterocycles. The fraction of sp³-hybridized carbons (Fsp3) is 0.750. The number of carbonyl (C=O) groups excluding carboxylic acids is 1. The van der Waals surface area contributed by atoms with Crippen LogP contribution in [0, 0.1) is 0 Å². The summed E-state index contributed by atoms with van der Waals surface area (Å²) in [5, 5.41) is 2.57. The summed E-state index contributed by atoms with van der Waals surface area (Å²) in [6, 6.07) is -0.0955. The zero-order valence-corrected chi connectivity index (χ0v) is 7.12. The van der Waals surface area contributed by atoms with Gasteiger partial charge in [0.25, 0.3) is 0 Å². The van der Waals surface area contributed by atoms with Crippen LogP contribution < -0.4 is 11.1 Å². The van der Waals surface area contributed by atoms with E-state index in [0.29, 0.717) is 0 Å². The van der Waals surface area contributed by atoms with Crippen molar-refractivity contribution in [2.24, 2.45) is 5.73 Å². The molecule has 3 N–H and O–H groups in total. The Hall–Kier alpha value is -0.0400. The van der Waals surface area contributed by atoms with Crippen LogP contribution in [0.1, 0.15) is 0 Å². The number of urea groups is 1. The third-order valence-corrected chi connectivity index (χ3v) is 2.89. The normalized spacial score (nSPS) is 35.0. The zero-order valence-electron chi connectivity index (χ0n) is 4.97. The van der Waals surface area contributed by atoms with Crippen LogP contribution in [0.3, 0.4) is 0 Å². The number of halogens is 1. The summed E-state index contributed by atoms with van der Waals surface area (Å²) in [6.45, 7) is 0. The summed E-state index contributed by atoms with van der Waals surface area (Å²) in [5.74, 6) is 0. The molecule has 9 heavy (non-hydrogen) atoms. The van der Waals surface area contributed by atoms with E-state index in [1.165, 1.54) is 0 Å². The molecule has 52 valence electrons. The van der Waals surface area contributed by atoms with Crippen molar-refractivity contribution in [3.8, 4) is 0 Å². The molecule has 0 spiro atoms. The van der Waals surface area contributed by atoms with Gasteiger partial charge in [-0.25, -0.2) is 4.79 Å². The number of rotatable bonds is 0. The molecular weight excluding hydrogens is 233 g/mol. The molecule has 2 amide bonds. The van der Waals surface area contributed by atoms with Crippen molar-refractivity contribution in [2.45, 2.75) is 10.2 Å². The van der Waals surface area contributed by atoms with Gasteiger partial charge < -0.3 is 16.0 Å². The molecule has 0 saturated carbocycles. The minimum Gasteiger partial charge on any atom is -0.320 e. The molecule has 2 unspecified atom stereocenters. The largest absolute Gasteiger partial charge is 0.320 e. The van der Waals surface area contributed by atoms with E-state index in [1.807, 2.05) is 0 Å². The standard InChI is InChI=1S/C4H8IN3O/c1-8-2(5)3(6)7-4(8)9/h2-3H,6H2,1H3,(H,7,9). The molecule has 0 aromatic carbocycles. The first-order chi connectivity index (χ1) is 4.13. The predicted molar refractivity (Wildman–Crippen MR) is 42.1 cm³/mol. The molecule has 5 heteroatoms. The fourth-order valence-corrected chi connectivity index (χ4v) is 1.10. The molecule has 0 aliphatic carbocycles. The SMILES string of the molecule is CN1C(=O)NC(N)C1I. The zero-order chi connectivity index (χ0) is 7.02. The van der Waals surface area contributed by atoms with Gasteiger partial charge in [0.05, 0.1) is 0 Å². The number of carbonyl (C=O) groups is 1. The lowest BCUT2D eigenvalue weighted by Crippen LogP contribution is -2.37. The Bertz CT molecular complexity index is 140. The molecule has 0 bridgehead atoms. The van der Waals surface area contributed by atoms with Crippen molar-refractivity contribution in [1.29, 1.82) is 0 Å². The summed E-state index contributed by atoms with van der Waals surface area (Å²) >= 11 is 2.12. The predicted octanol–water partition coefficient (Wildman–Crippen LogP) is -0.313. The van der Waals surface area contributed by atoms with E-state index in [-0.39, 0.29) is 16.2 Å². The van der Waals surface area contributed by atoms with Crippen molar-refractivity contribution in [3.63, 3.8) is 0 Å². The van der Waals surface area contributed by atoms with E-state index in [0.717, 1.165) is 0 Å². The number of hydrogen-bond donors (Lipinski definition) is 2. The van der Waals surface area contributed by atoms with E-state index >= 15 is 0 Å². The Morgan fingerprint density at radius 1 is 1.89 bits per heavy atom. The topological polar surface area (TPSA) is 58.4 Å². The maximum atomic E-state index is 10.7. The van der Waals surface area contributed by atoms with Crippen LogP contribution in [0.5, 0.6) is 0 Å². The average Bonchev–Trinajstić information content (AvgIpc) is 1.98. The number of nitrogens with two attached hydrogens (primary N) is 1. The molecule has 4 nitrogen and oxygen atoms in total. The van der Waals surface area contributed by atoms with Gasteiger partial charge in [-0.3, -0.25) is 0 Å². The van der Waals surface area contributed by atoms with E-state index in [1.54, 1.807) is 11.9 Å². The molecule has 1 rings (SSSR count). The highest BCUT2D eigenvalue weighted by Crippen LogP contribution is 2.13. The molecule has 0 radical (unpaired) electrons. The Labute approximate surface area is 66.9 Å². The van der Waals surface area contributed by atoms with Gasteiger partial charge in [-0.2, -0.15) is 0 Å². The highest BCUT2D eigenvalue weighted by atomic mass is 127. The summed E-state index contributed by atoms with van der Waals surface area (Å²) in [6.07, 6.45) is -0.219. The molecule has 1 fully saturated rings. The van der Waals surface area contributed by atoms with Crippen LogP contribution in [0.4, 0.5) is 4.79 Å². The van der Waals surface area contributed by atoms with Gasteiger partial charge in [0.2, 0.25) is 0 Å². The number of likely N-dealkylation sites (N-methyl/N-ethyl adjacent to an activating group) is 1. The van der Waals surface area contributed by atoms with Crippen molar-refractivity contribution in [1.82, 2.24) is 10.2 Å². The number of nitrogens with one attached hydrogen (secondary N) is 1. The maximum Gasteiger partial charge on any atom is 0.319 e. The molecule has 2 atom stereocenters. The Balaban J connectivity index is 2.65. The van der Waals surface area contributed by atoms with Crippen molar-refractivity contribution in [3.05, 3.63) is 0 Å². The average molecular weight is 241 g/mol. The van der Waals surface area contributed by atoms with Gasteiger partial charge in [-0.1, -0.05) is 22.6 Å². The molecular formula is C4H8IN3O. The molecule has 1 saturated heterocycles. The Kier molecular flexibility index (Phi) is 1.80. The first-order valence-corrected chi connectivity index (χ1v) is 3.80. The second-order valence-electron chi connectivity index (χ2n) is 1.96. The minimum atomic E-state index is -0.219. The van der Waals surface area contributed by atoms with Crippen LogP contribution in [0.25, 0.3) is 0 Å². The molecule has 1 aliphatic rings. The highest BCUT2D eigenvalue weighted by molar-refractivity contribution is 14.1. The molecule has 0 aromatic heterocycles. The maximum absolute atomic E-state index is 10.7. The lowest BCUT2D eigenvalue weighted by atomic mass is 10.5. The van der Waals surface area contributed by atoms with Gasteiger partial charge in [0, 0.05) is 7.05 Å². The van der Waals surface area contributed by atoms with Crippen molar-refractivity contribution in [2.75, 3.05) is 7.05 Å². The monoisotopic (exact) mass is 241 g/mol. The third kappa shape index (κ3) is 1.11. The lowest BCUT2D eigenvalue weighted by molar-refractivity contribution is 0.225. The first kappa shape index (κ1) is 7.07. The second-order valence-corrected chi connectivity index (χ2v) is 3.24. The number of nitrogens with zero attached hydrogens (tertiary/aromatic N) is 1. The van der Waals surface area contributed by atoms with Gasteiger partial charge in [-0.15, -0.1) is 0 Å². The Morgan fingerprint density at radius 3 is 2.56 bits per heavy atom. The van der Waals surface area contributed by atoms with Gasteiger partial charge in [0.1, 0.15) is 10.2 Å². The van der Waals surface area contributed by atoms with Gasteiger partial charge in [-0.05, 0) is 0 Å². The summed E-state index contributed by atoms with van der Waals surface area (Å²) < 4.78 is 0.0788. The lowest BCUT2D eigenvalue weighted by Gasteiger charge is -2.12. The number of amides is 2. The number of hydrogen-bond acceptors (Lipinski definition) is 2. The summed E-state index contributed by atoms with van der Waals surface area (Å²) in [5.41, 5.74) is 5.48. The fourth-order valence-electron chi connectivity index (χ4n) is 0.666. The summed E-state index contributed by atoms with van der Waals surface area (Å²) in [4.78, 5) is 12.3. The minimum absolute atomic E-state index is 0.0788. The quantitative estimate of drug-likeness (QED) is 0.347. The van der Waals surface area contributed by atoms with E-state index < -0.39 is 0 Å². The van der Waals surface area contributed by atoms with Crippen LogP contribution >= 0.6 is 22.6 Å². The smallest absolute Gasteiger partial charge is 0.319 e. The van der Waals surface area contributed by atoms with Crippen LogP contribution in [0.15, 0.2) is 0 Å².